The number of nitrogens with one attached hydrogen (secondary N) is 1. The molecular weight excluding hydrogens is 176 g/mol. The van der Waals surface area contributed by atoms with Gasteiger partial charge in [-0.1, -0.05) is 0 Å². The first-order valence-corrected chi connectivity index (χ1v) is 5.13. The molecule has 0 bridgehead atoms. The normalized spacial score (nSPS) is 20.7. The van der Waals surface area contributed by atoms with Gasteiger partial charge in [0.05, 0.1) is 0 Å². The summed E-state index contributed by atoms with van der Waals surface area (Å²) >= 11 is 0. The fourth-order valence-corrected chi connectivity index (χ4v) is 1.59. The van der Waals surface area contributed by atoms with Crippen molar-refractivity contribution < 1.29 is 0 Å². The molecule has 82 valence electrons. The molecule has 1 fully saturated rings. The van der Waals surface area contributed by atoms with Crippen LogP contribution in [0, 0.1) is 5.92 Å². The van der Waals surface area contributed by atoms with Gasteiger partial charge < -0.3 is 16.0 Å². The molecule has 0 aromatic heterocycles. The van der Waals surface area contributed by atoms with Crippen LogP contribution in [0.15, 0.2) is 4.99 Å². The SMILES string of the molecule is CN1CC(CN=C(N)NC(C)(C)C)C1. The van der Waals surface area contributed by atoms with E-state index in [0.29, 0.717) is 11.9 Å². The first kappa shape index (κ1) is 11.3. The van der Waals surface area contributed by atoms with Gasteiger partial charge in [-0.05, 0) is 27.8 Å². The number of guanidine groups is 1. The first-order valence-electron chi connectivity index (χ1n) is 5.13. The third kappa shape index (κ3) is 3.96. The van der Waals surface area contributed by atoms with Crippen LogP contribution in [0.3, 0.4) is 0 Å². The second-order valence-corrected chi connectivity index (χ2v) is 5.19. The average molecular weight is 198 g/mol. The van der Waals surface area contributed by atoms with Gasteiger partial charge in [0.25, 0.3) is 0 Å². The second kappa shape index (κ2) is 4.17. The lowest BCUT2D eigenvalue weighted by molar-refractivity contribution is 0.141. The van der Waals surface area contributed by atoms with Crippen LogP contribution in [-0.2, 0) is 0 Å². The highest BCUT2D eigenvalue weighted by atomic mass is 15.2. The van der Waals surface area contributed by atoms with E-state index in [0.717, 1.165) is 19.6 Å². The maximum absolute atomic E-state index is 5.75. The molecule has 0 radical (unpaired) electrons. The van der Waals surface area contributed by atoms with Crippen molar-refractivity contribution in [3.05, 3.63) is 0 Å². The molecule has 0 aromatic carbocycles. The highest BCUT2D eigenvalue weighted by molar-refractivity contribution is 5.78. The van der Waals surface area contributed by atoms with Crippen molar-refractivity contribution in [1.29, 1.82) is 0 Å². The highest BCUT2D eigenvalue weighted by Gasteiger charge is 2.22. The third-order valence-corrected chi connectivity index (χ3v) is 2.16. The van der Waals surface area contributed by atoms with Gasteiger partial charge in [-0.15, -0.1) is 0 Å². The van der Waals surface area contributed by atoms with Gasteiger partial charge in [-0.3, -0.25) is 4.99 Å². The van der Waals surface area contributed by atoms with Crippen LogP contribution >= 0.6 is 0 Å². The van der Waals surface area contributed by atoms with Crippen LogP contribution in [0.2, 0.25) is 0 Å². The Bertz CT molecular complexity index is 211. The molecule has 4 nitrogen and oxygen atoms in total. The largest absolute Gasteiger partial charge is 0.370 e. The molecule has 1 saturated heterocycles. The summed E-state index contributed by atoms with van der Waals surface area (Å²) in [5.74, 6) is 1.26. The summed E-state index contributed by atoms with van der Waals surface area (Å²) in [4.78, 5) is 6.61. The van der Waals surface area contributed by atoms with Crippen molar-refractivity contribution >= 4 is 5.96 Å². The third-order valence-electron chi connectivity index (χ3n) is 2.16. The number of rotatable bonds is 2. The van der Waals surface area contributed by atoms with Crippen molar-refractivity contribution in [3.8, 4) is 0 Å². The Morgan fingerprint density at radius 3 is 2.50 bits per heavy atom. The summed E-state index contributed by atoms with van der Waals surface area (Å²) in [6.45, 7) is 9.36. The topological polar surface area (TPSA) is 53.6 Å². The fraction of sp³-hybridized carbons (Fsp3) is 0.900. The first-order chi connectivity index (χ1) is 6.37. The maximum Gasteiger partial charge on any atom is 0.188 e. The summed E-state index contributed by atoms with van der Waals surface area (Å²) in [5, 5.41) is 3.15. The fourth-order valence-electron chi connectivity index (χ4n) is 1.59. The minimum absolute atomic E-state index is 0.00396. The van der Waals surface area contributed by atoms with Gasteiger partial charge in [0.2, 0.25) is 0 Å². The second-order valence-electron chi connectivity index (χ2n) is 5.19. The molecule has 0 spiro atoms. The smallest absolute Gasteiger partial charge is 0.188 e. The monoisotopic (exact) mass is 198 g/mol. The van der Waals surface area contributed by atoms with E-state index >= 15 is 0 Å². The van der Waals surface area contributed by atoms with Crippen molar-refractivity contribution in [2.75, 3.05) is 26.7 Å². The zero-order valence-electron chi connectivity index (χ0n) is 9.67. The van der Waals surface area contributed by atoms with Gasteiger partial charge in [0.15, 0.2) is 5.96 Å². The van der Waals surface area contributed by atoms with Crippen molar-refractivity contribution in [1.82, 2.24) is 10.2 Å². The molecule has 0 aliphatic carbocycles. The van der Waals surface area contributed by atoms with E-state index in [1.165, 1.54) is 0 Å². The molecule has 0 saturated carbocycles. The number of aliphatic imine (C=N–C) groups is 1. The Morgan fingerprint density at radius 1 is 1.50 bits per heavy atom. The molecule has 4 heteroatoms. The molecule has 0 atom stereocenters. The van der Waals surface area contributed by atoms with Crippen LogP contribution < -0.4 is 11.1 Å². The van der Waals surface area contributed by atoms with Crippen LogP contribution in [0.5, 0.6) is 0 Å². The average Bonchev–Trinajstić information content (AvgIpc) is 1.92. The van der Waals surface area contributed by atoms with E-state index in [1.54, 1.807) is 0 Å². The predicted octanol–water partition coefficient (Wildman–Crippen LogP) is 0.251. The number of likely N-dealkylation sites (tertiary alicyclic amines) is 1. The van der Waals surface area contributed by atoms with E-state index in [1.807, 2.05) is 0 Å². The summed E-state index contributed by atoms with van der Waals surface area (Å²) in [5.41, 5.74) is 5.75. The van der Waals surface area contributed by atoms with Gasteiger partial charge in [0, 0.05) is 31.1 Å². The summed E-state index contributed by atoms with van der Waals surface area (Å²) in [7, 11) is 2.12. The molecular formula is C10H22N4. The Hall–Kier alpha value is -0.770. The lowest BCUT2D eigenvalue weighted by atomic mass is 10.0. The number of hydrogen-bond donors (Lipinski definition) is 2. The molecule has 3 N–H and O–H groups in total. The molecule has 1 heterocycles. The van der Waals surface area contributed by atoms with Crippen LogP contribution in [0.4, 0.5) is 0 Å². The Balaban J connectivity index is 2.23. The van der Waals surface area contributed by atoms with E-state index < -0.39 is 0 Å². The molecule has 1 aliphatic rings. The van der Waals surface area contributed by atoms with Gasteiger partial charge in [-0.2, -0.15) is 0 Å². The Labute approximate surface area is 86.6 Å². The molecule has 14 heavy (non-hydrogen) atoms. The van der Waals surface area contributed by atoms with Crippen molar-refractivity contribution in [3.63, 3.8) is 0 Å². The summed E-state index contributed by atoms with van der Waals surface area (Å²) < 4.78 is 0. The van der Waals surface area contributed by atoms with Crippen molar-refractivity contribution in [2.24, 2.45) is 16.6 Å². The van der Waals surface area contributed by atoms with Gasteiger partial charge in [0.1, 0.15) is 0 Å². The zero-order valence-corrected chi connectivity index (χ0v) is 9.67. The van der Waals surface area contributed by atoms with E-state index in [2.05, 4.69) is 43.0 Å². The molecule has 1 aliphatic heterocycles. The summed E-state index contributed by atoms with van der Waals surface area (Å²) in [6.07, 6.45) is 0. The maximum atomic E-state index is 5.75. The Morgan fingerprint density at radius 2 is 2.07 bits per heavy atom. The number of nitrogens with zero attached hydrogens (tertiary/aromatic N) is 2. The quantitative estimate of drug-likeness (QED) is 0.494. The molecule has 0 unspecified atom stereocenters. The minimum Gasteiger partial charge on any atom is -0.370 e. The molecule has 0 aromatic rings. The van der Waals surface area contributed by atoms with Crippen LogP contribution in [0.25, 0.3) is 0 Å². The molecule has 1 rings (SSSR count). The van der Waals surface area contributed by atoms with E-state index in [9.17, 15) is 0 Å². The van der Waals surface area contributed by atoms with Gasteiger partial charge in [-0.25, -0.2) is 0 Å². The number of hydrogen-bond acceptors (Lipinski definition) is 2. The lowest BCUT2D eigenvalue weighted by Gasteiger charge is -2.35. The van der Waals surface area contributed by atoms with E-state index in [4.69, 9.17) is 5.73 Å². The highest BCUT2D eigenvalue weighted by Crippen LogP contribution is 2.12. The van der Waals surface area contributed by atoms with Crippen molar-refractivity contribution in [2.45, 2.75) is 26.3 Å². The predicted molar refractivity (Wildman–Crippen MR) is 60.4 cm³/mol. The van der Waals surface area contributed by atoms with Crippen LogP contribution in [0.1, 0.15) is 20.8 Å². The summed E-state index contributed by atoms with van der Waals surface area (Å²) in [6, 6.07) is 0. The molecule has 0 amide bonds. The number of nitrogens with two attached hydrogens (primary N) is 1. The zero-order chi connectivity index (χ0) is 10.8. The lowest BCUT2D eigenvalue weighted by Crippen LogP contribution is -2.47. The van der Waals surface area contributed by atoms with Gasteiger partial charge >= 0.3 is 0 Å². The van der Waals surface area contributed by atoms with E-state index in [-0.39, 0.29) is 5.54 Å². The van der Waals surface area contributed by atoms with Crippen LogP contribution in [-0.4, -0.2) is 43.1 Å². The minimum atomic E-state index is 0.00396. The standard InChI is InChI=1S/C10H22N4/c1-10(2,3)13-9(11)12-5-8-6-14(4)7-8/h8H,5-7H2,1-4H3,(H3,11,12,13). The Kier molecular flexibility index (Phi) is 3.37.